The van der Waals surface area contributed by atoms with Crippen molar-refractivity contribution in [3.8, 4) is 0 Å². The molecule has 1 fully saturated rings. The summed E-state index contributed by atoms with van der Waals surface area (Å²) in [6.07, 6.45) is 5.52. The lowest BCUT2D eigenvalue weighted by Gasteiger charge is -2.16. The number of nitrogens with zero attached hydrogens (tertiary/aromatic N) is 3. The first-order valence-electron chi connectivity index (χ1n) is 9.94. The van der Waals surface area contributed by atoms with E-state index < -0.39 is 0 Å². The molecule has 0 radical (unpaired) electrons. The van der Waals surface area contributed by atoms with E-state index in [0.29, 0.717) is 19.0 Å². The highest BCUT2D eigenvalue weighted by molar-refractivity contribution is 5.74. The van der Waals surface area contributed by atoms with Gasteiger partial charge in [-0.25, -0.2) is 14.3 Å². The minimum Gasteiger partial charge on any atom is -0.338 e. The number of rotatable bonds is 6. The molecule has 1 aromatic heterocycles. The molecule has 1 aromatic carbocycles. The maximum absolute atomic E-state index is 12.5. The fourth-order valence-corrected chi connectivity index (χ4v) is 3.64. The van der Waals surface area contributed by atoms with Gasteiger partial charge in [0.1, 0.15) is 5.82 Å². The highest BCUT2D eigenvalue weighted by atomic mass is 16.2. The minimum absolute atomic E-state index is 0.00450. The number of aryl methyl sites for hydroxylation is 1. The van der Waals surface area contributed by atoms with E-state index in [-0.39, 0.29) is 17.8 Å². The largest absolute Gasteiger partial charge is 0.345 e. The van der Waals surface area contributed by atoms with Crippen molar-refractivity contribution in [1.82, 2.24) is 25.0 Å². The Hall–Kier alpha value is -2.57. The Morgan fingerprint density at radius 2 is 1.96 bits per heavy atom. The fourth-order valence-electron chi connectivity index (χ4n) is 3.64. The van der Waals surface area contributed by atoms with Gasteiger partial charge in [0.25, 0.3) is 0 Å². The Balaban J connectivity index is 1.25. The van der Waals surface area contributed by atoms with Gasteiger partial charge >= 0.3 is 11.7 Å². The molecule has 1 unspecified atom stereocenters. The molecule has 4 rings (SSSR count). The normalized spacial score (nSPS) is 19.2. The summed E-state index contributed by atoms with van der Waals surface area (Å²) in [5, 5.41) is 10.5. The van der Waals surface area contributed by atoms with E-state index >= 15 is 0 Å². The highest BCUT2D eigenvalue weighted by Gasteiger charge is 2.26. The predicted molar refractivity (Wildman–Crippen MR) is 103 cm³/mol. The number of carbonyl (C=O) groups excluding carboxylic acids is 1. The smallest absolute Gasteiger partial charge is 0.338 e. The van der Waals surface area contributed by atoms with Crippen molar-refractivity contribution >= 4 is 6.03 Å². The van der Waals surface area contributed by atoms with Crippen LogP contribution in [0.2, 0.25) is 0 Å². The van der Waals surface area contributed by atoms with Gasteiger partial charge in [-0.2, -0.15) is 5.10 Å². The van der Waals surface area contributed by atoms with Gasteiger partial charge in [-0.05, 0) is 43.6 Å². The fraction of sp³-hybridized carbons (Fsp3) is 0.550. The summed E-state index contributed by atoms with van der Waals surface area (Å²) in [4.78, 5) is 24.7. The van der Waals surface area contributed by atoms with Crippen LogP contribution in [0.25, 0.3) is 0 Å². The molecule has 2 N–H and O–H groups in total. The number of benzene rings is 1. The van der Waals surface area contributed by atoms with Gasteiger partial charge in [0.2, 0.25) is 0 Å². The van der Waals surface area contributed by atoms with Gasteiger partial charge in [0, 0.05) is 32.1 Å². The van der Waals surface area contributed by atoms with Crippen LogP contribution in [0, 0.1) is 5.92 Å². The van der Waals surface area contributed by atoms with Gasteiger partial charge in [-0.1, -0.05) is 30.3 Å². The van der Waals surface area contributed by atoms with E-state index in [2.05, 4.69) is 27.9 Å². The molecule has 1 saturated carbocycles. The molecule has 1 atom stereocenters. The van der Waals surface area contributed by atoms with Crippen molar-refractivity contribution in [3.05, 3.63) is 52.2 Å². The lowest BCUT2D eigenvalue weighted by Crippen LogP contribution is -2.43. The van der Waals surface area contributed by atoms with E-state index in [4.69, 9.17) is 0 Å². The van der Waals surface area contributed by atoms with Crippen LogP contribution < -0.4 is 16.3 Å². The molecular formula is C20H27N5O2. The number of carbonyl (C=O) groups is 1. The van der Waals surface area contributed by atoms with Gasteiger partial charge < -0.3 is 10.6 Å². The molecule has 7 heteroatoms. The van der Waals surface area contributed by atoms with E-state index in [1.165, 1.54) is 18.4 Å². The zero-order chi connectivity index (χ0) is 18.6. The zero-order valence-electron chi connectivity index (χ0n) is 15.6. The van der Waals surface area contributed by atoms with E-state index in [1.54, 1.807) is 9.25 Å². The first kappa shape index (κ1) is 17.8. The number of hydrogen-bond acceptors (Lipinski definition) is 3. The van der Waals surface area contributed by atoms with Crippen molar-refractivity contribution < 1.29 is 4.79 Å². The van der Waals surface area contributed by atoms with Crippen LogP contribution in [0.15, 0.2) is 35.1 Å². The van der Waals surface area contributed by atoms with E-state index in [1.807, 2.05) is 18.2 Å². The summed E-state index contributed by atoms with van der Waals surface area (Å²) in [7, 11) is 0. The van der Waals surface area contributed by atoms with Crippen LogP contribution in [0.3, 0.4) is 0 Å². The van der Waals surface area contributed by atoms with Crippen LogP contribution in [0.4, 0.5) is 4.79 Å². The molecule has 1 aliphatic heterocycles. The van der Waals surface area contributed by atoms with E-state index in [9.17, 15) is 9.59 Å². The SMILES string of the molecule is O=C(NCCc1ccccc1)NC1CCc2nn(CC3CC3)c(=O)n2CC1. The van der Waals surface area contributed by atoms with Crippen molar-refractivity contribution in [1.29, 1.82) is 0 Å². The second-order valence-electron chi connectivity index (χ2n) is 7.64. The first-order valence-corrected chi connectivity index (χ1v) is 9.94. The third-order valence-corrected chi connectivity index (χ3v) is 5.42. The number of nitrogens with one attached hydrogen (secondary N) is 2. The predicted octanol–water partition coefficient (Wildman–Crippen LogP) is 1.70. The molecule has 1 aliphatic carbocycles. The van der Waals surface area contributed by atoms with Crippen molar-refractivity contribution in [2.24, 2.45) is 5.92 Å². The van der Waals surface area contributed by atoms with Crippen molar-refractivity contribution in [3.63, 3.8) is 0 Å². The summed E-state index contributed by atoms with van der Waals surface area (Å²) in [6.45, 7) is 1.98. The summed E-state index contributed by atoms with van der Waals surface area (Å²) in [6, 6.07) is 10.0. The second-order valence-corrected chi connectivity index (χ2v) is 7.64. The Morgan fingerprint density at radius 1 is 1.15 bits per heavy atom. The van der Waals surface area contributed by atoms with Gasteiger partial charge in [0.15, 0.2) is 0 Å². The van der Waals surface area contributed by atoms with Crippen molar-refractivity contribution in [2.75, 3.05) is 6.54 Å². The molecule has 2 amide bonds. The first-order chi connectivity index (χ1) is 13.2. The second kappa shape index (κ2) is 7.98. The number of hydrogen-bond donors (Lipinski definition) is 2. The molecule has 0 spiro atoms. The summed E-state index contributed by atoms with van der Waals surface area (Å²) >= 11 is 0. The van der Waals surface area contributed by atoms with Crippen LogP contribution >= 0.6 is 0 Å². The Morgan fingerprint density at radius 3 is 2.74 bits per heavy atom. The summed E-state index contributed by atoms with van der Waals surface area (Å²) in [5.41, 5.74) is 1.21. The minimum atomic E-state index is -0.137. The molecule has 2 aliphatic rings. The Bertz CT molecular complexity index is 838. The number of fused-ring (bicyclic) bond motifs is 1. The van der Waals surface area contributed by atoms with E-state index in [0.717, 1.165) is 38.1 Å². The standard InChI is InChI=1S/C20H27N5O2/c26-19(21-12-10-15-4-2-1-3-5-15)22-17-8-9-18-23-25(14-16-6-7-16)20(27)24(18)13-11-17/h1-5,16-17H,6-14H2,(H2,21,22,26). The average molecular weight is 369 g/mol. The van der Waals surface area contributed by atoms with Gasteiger partial charge in [-0.3, -0.25) is 4.57 Å². The third-order valence-electron chi connectivity index (χ3n) is 5.42. The summed E-state index contributed by atoms with van der Waals surface area (Å²) in [5.74, 6) is 1.49. The van der Waals surface area contributed by atoms with Crippen molar-refractivity contribution in [2.45, 2.75) is 57.7 Å². The lowest BCUT2D eigenvalue weighted by atomic mass is 10.1. The number of amides is 2. The Kier molecular flexibility index (Phi) is 5.27. The quantitative estimate of drug-likeness (QED) is 0.813. The maximum atomic E-state index is 12.5. The Labute approximate surface area is 158 Å². The summed E-state index contributed by atoms with van der Waals surface area (Å²) < 4.78 is 3.43. The zero-order valence-corrected chi connectivity index (χ0v) is 15.6. The molecule has 27 heavy (non-hydrogen) atoms. The van der Waals surface area contributed by atoms with Crippen LogP contribution in [-0.4, -0.2) is 33.0 Å². The van der Waals surface area contributed by atoms with Crippen LogP contribution in [0.1, 0.15) is 37.1 Å². The average Bonchev–Trinajstić information content (AvgIpc) is 3.46. The molecule has 0 bridgehead atoms. The third kappa shape index (κ3) is 4.59. The van der Waals surface area contributed by atoms with Crippen LogP contribution in [0.5, 0.6) is 0 Å². The molecular weight excluding hydrogens is 342 g/mol. The molecule has 2 aromatic rings. The lowest BCUT2D eigenvalue weighted by molar-refractivity contribution is 0.235. The topological polar surface area (TPSA) is 81.0 Å². The van der Waals surface area contributed by atoms with Gasteiger partial charge in [-0.15, -0.1) is 0 Å². The molecule has 7 nitrogen and oxygen atoms in total. The molecule has 2 heterocycles. The molecule has 144 valence electrons. The number of aromatic nitrogens is 3. The van der Waals surface area contributed by atoms with Gasteiger partial charge in [0.05, 0.1) is 0 Å². The number of urea groups is 1. The monoisotopic (exact) mass is 369 g/mol. The van der Waals surface area contributed by atoms with Crippen LogP contribution in [-0.2, 0) is 25.9 Å². The molecule has 0 saturated heterocycles. The highest BCUT2D eigenvalue weighted by Crippen LogP contribution is 2.29. The maximum Gasteiger partial charge on any atom is 0.345 e.